The van der Waals surface area contributed by atoms with Crippen LogP contribution in [0.25, 0.3) is 0 Å². The van der Waals surface area contributed by atoms with Crippen molar-refractivity contribution < 1.29 is 4.74 Å². The van der Waals surface area contributed by atoms with Crippen LogP contribution in [0.4, 0.5) is 0 Å². The van der Waals surface area contributed by atoms with Crippen molar-refractivity contribution in [1.29, 1.82) is 0 Å². The molecule has 1 aliphatic rings. The third-order valence-electron chi connectivity index (χ3n) is 3.92. The zero-order valence-corrected chi connectivity index (χ0v) is 12.8. The fourth-order valence-corrected chi connectivity index (χ4v) is 2.88. The van der Waals surface area contributed by atoms with Crippen molar-refractivity contribution >= 4 is 0 Å². The standard InChI is InChI=1S/C16H22N4O/c1-16(2)10-13(12-6-4-5-7-14(12)21-16)17-9-8-15-19-18-11-20(15)3/h4-7,11,13,17H,8-10H2,1-3H3. The Morgan fingerprint density at radius 2 is 2.19 bits per heavy atom. The molecule has 2 aromatic rings. The molecule has 1 unspecified atom stereocenters. The van der Waals surface area contributed by atoms with Crippen LogP contribution in [0, 0.1) is 0 Å². The molecule has 0 saturated carbocycles. The molecule has 2 heterocycles. The summed E-state index contributed by atoms with van der Waals surface area (Å²) in [5.41, 5.74) is 1.10. The van der Waals surface area contributed by atoms with Crippen molar-refractivity contribution in [2.24, 2.45) is 7.05 Å². The van der Waals surface area contributed by atoms with E-state index in [9.17, 15) is 0 Å². The average Bonchev–Trinajstić information content (AvgIpc) is 2.83. The molecule has 0 radical (unpaired) electrons. The number of hydrogen-bond acceptors (Lipinski definition) is 4. The lowest BCUT2D eigenvalue weighted by molar-refractivity contribution is 0.0662. The van der Waals surface area contributed by atoms with Gasteiger partial charge in [-0.25, -0.2) is 0 Å². The molecular weight excluding hydrogens is 264 g/mol. The summed E-state index contributed by atoms with van der Waals surface area (Å²) in [5, 5.41) is 11.7. The number of nitrogens with zero attached hydrogens (tertiary/aromatic N) is 3. The first-order valence-electron chi connectivity index (χ1n) is 7.39. The highest BCUT2D eigenvalue weighted by molar-refractivity contribution is 5.38. The Morgan fingerprint density at radius 3 is 2.95 bits per heavy atom. The summed E-state index contributed by atoms with van der Waals surface area (Å²) in [6.45, 7) is 5.15. The van der Waals surface area contributed by atoms with Crippen LogP contribution < -0.4 is 10.1 Å². The molecule has 1 aromatic heterocycles. The van der Waals surface area contributed by atoms with Crippen LogP contribution in [0.3, 0.4) is 0 Å². The van der Waals surface area contributed by atoms with Crippen LogP contribution in [-0.2, 0) is 13.5 Å². The molecule has 3 rings (SSSR count). The predicted molar refractivity (Wildman–Crippen MR) is 81.2 cm³/mol. The number of ether oxygens (including phenoxy) is 1. The number of aromatic nitrogens is 3. The van der Waals surface area contributed by atoms with E-state index >= 15 is 0 Å². The second-order valence-corrected chi connectivity index (χ2v) is 6.22. The Hall–Kier alpha value is -1.88. The number of benzene rings is 1. The lowest BCUT2D eigenvalue weighted by Gasteiger charge is -2.38. The first kappa shape index (κ1) is 14.1. The smallest absolute Gasteiger partial charge is 0.133 e. The Kier molecular flexibility index (Phi) is 3.68. The van der Waals surface area contributed by atoms with E-state index in [4.69, 9.17) is 4.74 Å². The van der Waals surface area contributed by atoms with Crippen LogP contribution in [-0.4, -0.2) is 26.9 Å². The molecule has 0 aliphatic carbocycles. The quantitative estimate of drug-likeness (QED) is 0.936. The van der Waals surface area contributed by atoms with Gasteiger partial charge >= 0.3 is 0 Å². The van der Waals surface area contributed by atoms with E-state index in [1.807, 2.05) is 23.7 Å². The van der Waals surface area contributed by atoms with Gasteiger partial charge < -0.3 is 14.6 Å². The number of rotatable bonds is 4. The average molecular weight is 286 g/mol. The number of para-hydroxylation sites is 1. The normalized spacial score (nSPS) is 19.9. The minimum atomic E-state index is -0.142. The highest BCUT2D eigenvalue weighted by Crippen LogP contribution is 2.39. The molecule has 0 saturated heterocycles. The van der Waals surface area contributed by atoms with Gasteiger partial charge in [0.05, 0.1) is 0 Å². The van der Waals surface area contributed by atoms with E-state index in [1.165, 1.54) is 5.56 Å². The predicted octanol–water partition coefficient (Wildman–Crippen LogP) is 2.25. The molecule has 1 aromatic carbocycles. The van der Waals surface area contributed by atoms with E-state index in [0.29, 0.717) is 6.04 Å². The van der Waals surface area contributed by atoms with Gasteiger partial charge in [0.1, 0.15) is 23.5 Å². The van der Waals surface area contributed by atoms with Gasteiger partial charge in [-0.05, 0) is 19.9 Å². The summed E-state index contributed by atoms with van der Waals surface area (Å²) in [5.74, 6) is 1.99. The van der Waals surface area contributed by atoms with Gasteiger partial charge in [0.25, 0.3) is 0 Å². The Balaban J connectivity index is 1.69. The maximum absolute atomic E-state index is 6.05. The third kappa shape index (κ3) is 3.08. The lowest BCUT2D eigenvalue weighted by Crippen LogP contribution is -2.40. The summed E-state index contributed by atoms with van der Waals surface area (Å²) in [6, 6.07) is 8.60. The van der Waals surface area contributed by atoms with Gasteiger partial charge in [0, 0.05) is 38.0 Å². The molecule has 0 fully saturated rings. The van der Waals surface area contributed by atoms with Crippen molar-refractivity contribution in [2.45, 2.75) is 38.3 Å². The molecule has 1 atom stereocenters. The van der Waals surface area contributed by atoms with Crippen molar-refractivity contribution in [3.05, 3.63) is 42.0 Å². The van der Waals surface area contributed by atoms with Gasteiger partial charge in [-0.2, -0.15) is 0 Å². The van der Waals surface area contributed by atoms with E-state index in [2.05, 4.69) is 41.5 Å². The fourth-order valence-electron chi connectivity index (χ4n) is 2.88. The van der Waals surface area contributed by atoms with Crippen LogP contribution >= 0.6 is 0 Å². The summed E-state index contributed by atoms with van der Waals surface area (Å²) in [7, 11) is 1.97. The topological polar surface area (TPSA) is 52.0 Å². The van der Waals surface area contributed by atoms with Crippen LogP contribution in [0.5, 0.6) is 5.75 Å². The van der Waals surface area contributed by atoms with E-state index in [-0.39, 0.29) is 5.60 Å². The molecule has 112 valence electrons. The van der Waals surface area contributed by atoms with Crippen molar-refractivity contribution in [2.75, 3.05) is 6.54 Å². The maximum atomic E-state index is 6.05. The van der Waals surface area contributed by atoms with E-state index in [0.717, 1.165) is 31.0 Å². The van der Waals surface area contributed by atoms with E-state index in [1.54, 1.807) is 6.33 Å². The summed E-state index contributed by atoms with van der Waals surface area (Å²) in [6.07, 6.45) is 3.57. The maximum Gasteiger partial charge on any atom is 0.133 e. The third-order valence-corrected chi connectivity index (χ3v) is 3.92. The fraction of sp³-hybridized carbons (Fsp3) is 0.500. The summed E-state index contributed by atoms with van der Waals surface area (Å²) in [4.78, 5) is 0. The van der Waals surface area contributed by atoms with Crippen molar-refractivity contribution in [3.63, 3.8) is 0 Å². The summed E-state index contributed by atoms with van der Waals surface area (Å²) >= 11 is 0. The second-order valence-electron chi connectivity index (χ2n) is 6.22. The molecular formula is C16H22N4O. The molecule has 0 amide bonds. The molecule has 0 spiro atoms. The zero-order valence-electron chi connectivity index (χ0n) is 12.8. The minimum Gasteiger partial charge on any atom is -0.487 e. The lowest BCUT2D eigenvalue weighted by atomic mass is 9.89. The number of nitrogens with one attached hydrogen (secondary N) is 1. The molecule has 21 heavy (non-hydrogen) atoms. The van der Waals surface area contributed by atoms with Gasteiger partial charge in [-0.3, -0.25) is 0 Å². The number of fused-ring (bicyclic) bond motifs is 1. The van der Waals surface area contributed by atoms with Gasteiger partial charge in [0.2, 0.25) is 0 Å². The SMILES string of the molecule is Cn1cnnc1CCNC1CC(C)(C)Oc2ccccc21. The van der Waals surface area contributed by atoms with Crippen LogP contribution in [0.15, 0.2) is 30.6 Å². The van der Waals surface area contributed by atoms with Crippen LogP contribution in [0.1, 0.15) is 37.7 Å². The van der Waals surface area contributed by atoms with Crippen LogP contribution in [0.2, 0.25) is 0 Å². The Morgan fingerprint density at radius 1 is 1.38 bits per heavy atom. The largest absolute Gasteiger partial charge is 0.487 e. The molecule has 1 aliphatic heterocycles. The van der Waals surface area contributed by atoms with Crippen molar-refractivity contribution in [3.8, 4) is 5.75 Å². The number of hydrogen-bond donors (Lipinski definition) is 1. The highest BCUT2D eigenvalue weighted by Gasteiger charge is 2.33. The molecule has 5 nitrogen and oxygen atoms in total. The van der Waals surface area contributed by atoms with E-state index < -0.39 is 0 Å². The molecule has 1 N–H and O–H groups in total. The second kappa shape index (κ2) is 5.48. The first-order chi connectivity index (χ1) is 10.1. The van der Waals surface area contributed by atoms with Gasteiger partial charge in [-0.1, -0.05) is 18.2 Å². The highest BCUT2D eigenvalue weighted by atomic mass is 16.5. The monoisotopic (exact) mass is 286 g/mol. The Labute approximate surface area is 125 Å². The van der Waals surface area contributed by atoms with Gasteiger partial charge in [-0.15, -0.1) is 10.2 Å². The molecule has 0 bridgehead atoms. The van der Waals surface area contributed by atoms with Crippen molar-refractivity contribution in [1.82, 2.24) is 20.1 Å². The molecule has 5 heteroatoms. The number of aryl methyl sites for hydroxylation is 1. The zero-order chi connectivity index (χ0) is 14.9. The first-order valence-corrected chi connectivity index (χ1v) is 7.39. The summed E-state index contributed by atoms with van der Waals surface area (Å²) < 4.78 is 8.02. The van der Waals surface area contributed by atoms with Gasteiger partial charge in [0.15, 0.2) is 0 Å². The minimum absolute atomic E-state index is 0.142. The Bertz CT molecular complexity index is 620.